The van der Waals surface area contributed by atoms with Gasteiger partial charge in [-0.3, -0.25) is 0 Å². The summed E-state index contributed by atoms with van der Waals surface area (Å²) in [5.74, 6) is 0. The van der Waals surface area contributed by atoms with Crippen LogP contribution in [0.5, 0.6) is 0 Å². The third-order valence-electron chi connectivity index (χ3n) is 3.28. The van der Waals surface area contributed by atoms with E-state index in [0.29, 0.717) is 0 Å². The van der Waals surface area contributed by atoms with Crippen LogP contribution in [0.2, 0.25) is 0 Å². The summed E-state index contributed by atoms with van der Waals surface area (Å²) in [5, 5.41) is 0. The Bertz CT molecular complexity index is 774. The zero-order chi connectivity index (χ0) is 13.9. The molecular formula is C17H14N2O. The number of nitrogens with zero attached hydrogens (tertiary/aromatic N) is 1. The number of nitrogens with one attached hydrogen (secondary N) is 1. The van der Waals surface area contributed by atoms with Gasteiger partial charge in [0.05, 0.1) is 5.69 Å². The fourth-order valence-electron chi connectivity index (χ4n) is 2.22. The summed E-state index contributed by atoms with van der Waals surface area (Å²) in [7, 11) is 0. The molecule has 3 aromatic rings. The largest absolute Gasteiger partial charge is 0.345 e. The van der Waals surface area contributed by atoms with Crippen molar-refractivity contribution in [2.24, 2.45) is 0 Å². The number of aromatic amines is 1. The first-order valence-corrected chi connectivity index (χ1v) is 6.46. The molecule has 0 saturated carbocycles. The van der Waals surface area contributed by atoms with Crippen molar-refractivity contribution >= 4 is 0 Å². The molecule has 1 heterocycles. The Morgan fingerprint density at radius 3 is 2.15 bits per heavy atom. The molecule has 0 unspecified atom stereocenters. The number of benzene rings is 2. The highest BCUT2D eigenvalue weighted by Gasteiger charge is 2.04. The minimum absolute atomic E-state index is 0.322. The molecule has 1 N–H and O–H groups in total. The van der Waals surface area contributed by atoms with Crippen molar-refractivity contribution < 1.29 is 0 Å². The number of H-pyrrole nitrogens is 1. The third-order valence-corrected chi connectivity index (χ3v) is 3.28. The number of aromatic nitrogens is 2. The topological polar surface area (TPSA) is 45.8 Å². The number of aryl methyl sites for hydroxylation is 1. The van der Waals surface area contributed by atoms with E-state index in [-0.39, 0.29) is 5.69 Å². The van der Waals surface area contributed by atoms with E-state index in [1.54, 1.807) is 6.20 Å². The normalized spacial score (nSPS) is 10.4. The molecule has 0 aliphatic heterocycles. The second-order valence-electron chi connectivity index (χ2n) is 4.69. The molecule has 3 heteroatoms. The van der Waals surface area contributed by atoms with Crippen LogP contribution in [0.15, 0.2) is 65.6 Å². The smallest absolute Gasteiger partial charge is 0.305 e. The van der Waals surface area contributed by atoms with Gasteiger partial charge in [-0.25, -0.2) is 9.78 Å². The van der Waals surface area contributed by atoms with Crippen LogP contribution in [0.25, 0.3) is 22.4 Å². The Labute approximate surface area is 117 Å². The van der Waals surface area contributed by atoms with Gasteiger partial charge in [0.1, 0.15) is 0 Å². The van der Waals surface area contributed by atoms with Gasteiger partial charge in [-0.15, -0.1) is 0 Å². The van der Waals surface area contributed by atoms with Crippen molar-refractivity contribution in [3.63, 3.8) is 0 Å². The average molecular weight is 262 g/mol. The predicted molar refractivity (Wildman–Crippen MR) is 80.5 cm³/mol. The molecule has 3 nitrogen and oxygen atoms in total. The Morgan fingerprint density at radius 1 is 0.850 bits per heavy atom. The molecule has 0 bridgehead atoms. The molecule has 20 heavy (non-hydrogen) atoms. The van der Waals surface area contributed by atoms with Gasteiger partial charge in [0.15, 0.2) is 0 Å². The van der Waals surface area contributed by atoms with Gasteiger partial charge in [-0.2, -0.15) is 0 Å². The first-order valence-electron chi connectivity index (χ1n) is 6.46. The fraction of sp³-hybridized carbons (Fsp3) is 0.0588. The lowest BCUT2D eigenvalue weighted by atomic mass is 10.0. The van der Waals surface area contributed by atoms with Crippen LogP contribution >= 0.6 is 0 Å². The summed E-state index contributed by atoms with van der Waals surface area (Å²) in [4.78, 5) is 17.8. The van der Waals surface area contributed by atoms with E-state index in [0.717, 1.165) is 22.4 Å². The van der Waals surface area contributed by atoms with Crippen LogP contribution in [-0.4, -0.2) is 9.97 Å². The molecule has 0 saturated heterocycles. The number of rotatable bonds is 2. The summed E-state index contributed by atoms with van der Waals surface area (Å²) >= 11 is 0. The lowest BCUT2D eigenvalue weighted by Gasteiger charge is -2.06. The van der Waals surface area contributed by atoms with E-state index < -0.39 is 0 Å². The molecule has 0 aliphatic carbocycles. The summed E-state index contributed by atoms with van der Waals surface area (Å²) in [5.41, 5.74) is 4.78. The van der Waals surface area contributed by atoms with Crippen molar-refractivity contribution in [1.82, 2.24) is 9.97 Å². The monoisotopic (exact) mass is 262 g/mol. The van der Waals surface area contributed by atoms with Crippen LogP contribution in [0, 0.1) is 6.92 Å². The third kappa shape index (κ3) is 2.38. The van der Waals surface area contributed by atoms with E-state index in [4.69, 9.17) is 0 Å². The molecule has 98 valence electrons. The van der Waals surface area contributed by atoms with Crippen LogP contribution in [0.4, 0.5) is 0 Å². The van der Waals surface area contributed by atoms with E-state index in [1.807, 2.05) is 37.3 Å². The second-order valence-corrected chi connectivity index (χ2v) is 4.69. The summed E-state index contributed by atoms with van der Waals surface area (Å²) in [6, 6.07) is 18.3. The van der Waals surface area contributed by atoms with E-state index in [2.05, 4.69) is 34.2 Å². The molecular weight excluding hydrogens is 248 g/mol. The predicted octanol–water partition coefficient (Wildman–Crippen LogP) is 3.41. The molecule has 0 amide bonds. The Morgan fingerprint density at radius 2 is 1.45 bits per heavy atom. The van der Waals surface area contributed by atoms with Crippen LogP contribution in [0.1, 0.15) is 5.56 Å². The first kappa shape index (κ1) is 12.4. The van der Waals surface area contributed by atoms with Crippen molar-refractivity contribution in [1.29, 1.82) is 0 Å². The summed E-state index contributed by atoms with van der Waals surface area (Å²) in [6.07, 6.45) is 1.60. The molecule has 1 aromatic heterocycles. The lowest BCUT2D eigenvalue weighted by molar-refractivity contribution is 1.06. The lowest BCUT2D eigenvalue weighted by Crippen LogP contribution is -2.11. The summed E-state index contributed by atoms with van der Waals surface area (Å²) in [6.45, 7) is 1.93. The average Bonchev–Trinajstić information content (AvgIpc) is 2.51. The molecule has 0 spiro atoms. The van der Waals surface area contributed by atoms with Gasteiger partial charge in [-0.05, 0) is 29.2 Å². The zero-order valence-electron chi connectivity index (χ0n) is 11.1. The summed E-state index contributed by atoms with van der Waals surface area (Å²) < 4.78 is 0. The van der Waals surface area contributed by atoms with Gasteiger partial charge >= 0.3 is 5.69 Å². The van der Waals surface area contributed by atoms with Gasteiger partial charge in [-0.1, -0.05) is 54.6 Å². The molecule has 2 aromatic carbocycles. The molecule has 0 atom stereocenters. The minimum atomic E-state index is -0.322. The maximum atomic E-state index is 11.3. The highest BCUT2D eigenvalue weighted by Crippen LogP contribution is 2.24. The quantitative estimate of drug-likeness (QED) is 0.769. The molecule has 3 rings (SSSR count). The fourth-order valence-corrected chi connectivity index (χ4v) is 2.22. The molecule has 0 radical (unpaired) electrons. The molecule has 0 aliphatic rings. The molecule has 0 fully saturated rings. The maximum Gasteiger partial charge on any atom is 0.345 e. The minimum Gasteiger partial charge on any atom is -0.305 e. The second kappa shape index (κ2) is 5.13. The van der Waals surface area contributed by atoms with Gasteiger partial charge in [0.2, 0.25) is 0 Å². The van der Waals surface area contributed by atoms with Gasteiger partial charge in [0, 0.05) is 6.20 Å². The maximum absolute atomic E-state index is 11.3. The highest BCUT2D eigenvalue weighted by atomic mass is 16.1. The van der Waals surface area contributed by atoms with Crippen molar-refractivity contribution in [2.45, 2.75) is 6.92 Å². The van der Waals surface area contributed by atoms with Crippen LogP contribution < -0.4 is 5.69 Å². The first-order chi connectivity index (χ1) is 9.74. The van der Waals surface area contributed by atoms with Gasteiger partial charge < -0.3 is 4.98 Å². The van der Waals surface area contributed by atoms with E-state index >= 15 is 0 Å². The van der Waals surface area contributed by atoms with Crippen LogP contribution in [-0.2, 0) is 0 Å². The Kier molecular flexibility index (Phi) is 3.17. The number of hydrogen-bond donors (Lipinski definition) is 1. The number of hydrogen-bond acceptors (Lipinski definition) is 2. The zero-order valence-corrected chi connectivity index (χ0v) is 11.1. The van der Waals surface area contributed by atoms with E-state index in [9.17, 15) is 4.79 Å². The van der Waals surface area contributed by atoms with Gasteiger partial charge in [0.25, 0.3) is 0 Å². The SMILES string of the molecule is Cc1cnc(=O)[nH]c1-c1ccc(-c2ccccc2)cc1. The standard InChI is InChI=1S/C17H14N2O/c1-12-11-18-17(20)19-16(12)15-9-7-14(8-10-15)13-5-3-2-4-6-13/h2-11H,1H3,(H,18,19,20). The van der Waals surface area contributed by atoms with Crippen molar-refractivity contribution in [2.75, 3.05) is 0 Å². The Hall–Kier alpha value is -2.68. The van der Waals surface area contributed by atoms with Crippen LogP contribution in [0.3, 0.4) is 0 Å². The Balaban J connectivity index is 2.02. The van der Waals surface area contributed by atoms with Crippen molar-refractivity contribution in [3.05, 3.63) is 76.8 Å². The van der Waals surface area contributed by atoms with E-state index in [1.165, 1.54) is 5.56 Å². The van der Waals surface area contributed by atoms with Crippen molar-refractivity contribution in [3.8, 4) is 22.4 Å². The highest BCUT2D eigenvalue weighted by molar-refractivity contribution is 5.69.